The number of carboxylic acid groups (broad SMARTS) is 1. The van der Waals surface area contributed by atoms with Gasteiger partial charge in [0.1, 0.15) is 36.3 Å². The third-order valence-electron chi connectivity index (χ3n) is 9.56. The minimum Gasteiger partial charge on any atom is -0.480 e. The second kappa shape index (κ2) is 22.9. The number of unbranched alkanes of at least 4 members (excludes halogenated alkanes) is 2. The Morgan fingerprint density at radius 1 is 0.815 bits per heavy atom. The molecule has 0 saturated carbocycles. The molecule has 0 spiro atoms. The second-order valence-electron chi connectivity index (χ2n) is 13.6. The van der Waals surface area contributed by atoms with E-state index in [1.807, 2.05) is 55.9 Å². The maximum absolute atomic E-state index is 14.4. The van der Waals surface area contributed by atoms with Crippen LogP contribution in [0.4, 0.5) is 0 Å². The smallest absolute Gasteiger partial charge is 0.327 e. The number of para-hydroxylation sites is 1. The minimum absolute atomic E-state index is 0.0721. The zero-order valence-corrected chi connectivity index (χ0v) is 33.0. The van der Waals surface area contributed by atoms with Gasteiger partial charge in [-0.15, -0.1) is 0 Å². The number of hydrogen-bond acceptors (Lipinski definition) is 10. The van der Waals surface area contributed by atoms with Gasteiger partial charge in [-0.1, -0.05) is 57.7 Å². The first-order valence-corrected chi connectivity index (χ1v) is 19.2. The Kier molecular flexibility index (Phi) is 19.5. The van der Waals surface area contributed by atoms with Gasteiger partial charge in [0.25, 0.3) is 0 Å². The van der Waals surface area contributed by atoms with Crippen LogP contribution < -0.4 is 27.4 Å². The summed E-state index contributed by atoms with van der Waals surface area (Å²) in [5, 5.41) is 27.7. The fourth-order valence-corrected chi connectivity index (χ4v) is 6.50. The summed E-state index contributed by atoms with van der Waals surface area (Å²) in [7, 11) is 4.83. The number of likely N-dealkylation sites (N-methyl/N-ethyl adjacent to an activating group) is 2. The van der Waals surface area contributed by atoms with Crippen LogP contribution in [0.5, 0.6) is 0 Å². The van der Waals surface area contributed by atoms with Crippen LogP contribution in [0.3, 0.4) is 0 Å². The molecule has 0 fully saturated rings. The number of aliphatic carboxylic acids is 1. The van der Waals surface area contributed by atoms with Crippen molar-refractivity contribution in [2.75, 3.05) is 33.0 Å². The molecule has 0 aliphatic heterocycles. The van der Waals surface area contributed by atoms with Gasteiger partial charge in [0.15, 0.2) is 0 Å². The molecule has 2 aromatic rings. The summed E-state index contributed by atoms with van der Waals surface area (Å²) in [6, 6.07) is 0.723. The number of rotatable bonds is 24. The fraction of sp³-hybridized carbons (Fsp3) is 0.622. The monoisotopic (exact) mass is 776 g/mol. The van der Waals surface area contributed by atoms with E-state index in [0.717, 1.165) is 16.5 Å². The Hall–Kier alpha value is -4.19. The molecular formula is C37H60N8O8S. The van der Waals surface area contributed by atoms with E-state index < -0.39 is 78.4 Å². The first kappa shape index (κ1) is 46.0. The highest BCUT2D eigenvalue weighted by Gasteiger charge is 2.38. The van der Waals surface area contributed by atoms with E-state index in [1.54, 1.807) is 0 Å². The fourth-order valence-electron chi connectivity index (χ4n) is 6.25. The molecule has 0 aliphatic carbocycles. The summed E-state index contributed by atoms with van der Waals surface area (Å²) in [5.74, 6) is -4.58. The molecule has 0 radical (unpaired) electrons. The highest BCUT2D eigenvalue weighted by Crippen LogP contribution is 2.23. The number of thiol groups is 1. The average molecular weight is 777 g/mol. The summed E-state index contributed by atoms with van der Waals surface area (Å²) < 4.78 is 1.91. The zero-order valence-electron chi connectivity index (χ0n) is 32.1. The van der Waals surface area contributed by atoms with Crippen molar-refractivity contribution >= 4 is 59.0 Å². The minimum atomic E-state index is -1.28. The number of amides is 5. The molecule has 16 nitrogen and oxygen atoms in total. The van der Waals surface area contributed by atoms with Crippen molar-refractivity contribution < 1.29 is 39.0 Å². The number of nitrogens with one attached hydrogen (secondary N) is 3. The topological polar surface area (TPSA) is 242 Å². The molecule has 1 aromatic heterocycles. The van der Waals surface area contributed by atoms with Crippen molar-refractivity contribution in [3.8, 4) is 0 Å². The molecule has 1 aromatic carbocycles. The quantitative estimate of drug-likeness (QED) is 0.0678. The molecule has 1 heterocycles. The Bertz CT molecular complexity index is 1570. The van der Waals surface area contributed by atoms with Crippen LogP contribution in [0.1, 0.15) is 70.8 Å². The van der Waals surface area contributed by atoms with Crippen molar-refractivity contribution in [1.29, 1.82) is 0 Å². The van der Waals surface area contributed by atoms with Gasteiger partial charge in [0.2, 0.25) is 29.5 Å². The Labute approximate surface area is 323 Å². The lowest BCUT2D eigenvalue weighted by Gasteiger charge is -2.36. The van der Waals surface area contributed by atoms with Gasteiger partial charge in [0, 0.05) is 50.4 Å². The van der Waals surface area contributed by atoms with E-state index in [4.69, 9.17) is 11.5 Å². The largest absolute Gasteiger partial charge is 0.480 e. The summed E-state index contributed by atoms with van der Waals surface area (Å²) in [4.78, 5) is 83.0. The van der Waals surface area contributed by atoms with Crippen LogP contribution in [0, 0.1) is 0 Å². The van der Waals surface area contributed by atoms with Gasteiger partial charge in [-0.05, 0) is 43.9 Å². The Balaban J connectivity index is 2.46. The molecule has 5 amide bonds. The number of fused-ring (bicyclic) bond motifs is 1. The molecule has 9 N–H and O–H groups in total. The molecule has 6 atom stereocenters. The number of aliphatic hydroxyl groups excluding tert-OH is 1. The van der Waals surface area contributed by atoms with Crippen molar-refractivity contribution in [3.05, 3.63) is 36.0 Å². The lowest BCUT2D eigenvalue weighted by atomic mass is 10.00. The zero-order chi connectivity index (χ0) is 40.5. The first-order valence-electron chi connectivity index (χ1n) is 18.5. The van der Waals surface area contributed by atoms with Crippen LogP contribution in [0.2, 0.25) is 0 Å². The predicted molar refractivity (Wildman–Crippen MR) is 209 cm³/mol. The molecule has 302 valence electrons. The van der Waals surface area contributed by atoms with Gasteiger partial charge in [0.05, 0.1) is 6.61 Å². The highest BCUT2D eigenvalue weighted by molar-refractivity contribution is 7.80. The molecule has 0 saturated heterocycles. The number of carboxylic acids is 1. The lowest BCUT2D eigenvalue weighted by molar-refractivity contribution is -0.149. The maximum Gasteiger partial charge on any atom is 0.327 e. The number of nitrogens with two attached hydrogens (primary N) is 2. The number of nitrogens with zero attached hydrogens (tertiary/aromatic N) is 3. The van der Waals surface area contributed by atoms with Crippen molar-refractivity contribution in [1.82, 2.24) is 30.3 Å². The Morgan fingerprint density at radius 2 is 1.39 bits per heavy atom. The molecule has 0 bridgehead atoms. The van der Waals surface area contributed by atoms with Crippen molar-refractivity contribution in [2.24, 2.45) is 18.5 Å². The first-order chi connectivity index (χ1) is 25.7. The average Bonchev–Trinajstić information content (AvgIpc) is 3.48. The molecule has 54 heavy (non-hydrogen) atoms. The van der Waals surface area contributed by atoms with E-state index in [9.17, 15) is 39.0 Å². The van der Waals surface area contributed by atoms with E-state index in [0.29, 0.717) is 32.1 Å². The van der Waals surface area contributed by atoms with Gasteiger partial charge in [-0.3, -0.25) is 24.0 Å². The van der Waals surface area contributed by atoms with E-state index in [2.05, 4.69) is 28.6 Å². The van der Waals surface area contributed by atoms with Crippen LogP contribution in [0.15, 0.2) is 30.5 Å². The maximum atomic E-state index is 14.4. The van der Waals surface area contributed by atoms with Crippen molar-refractivity contribution in [2.45, 2.75) is 108 Å². The van der Waals surface area contributed by atoms with Gasteiger partial charge < -0.3 is 52.0 Å². The van der Waals surface area contributed by atoms with E-state index in [1.165, 1.54) is 23.9 Å². The van der Waals surface area contributed by atoms with Gasteiger partial charge in [-0.2, -0.15) is 12.6 Å². The number of carbonyl (C=O) groups is 6. The summed E-state index contributed by atoms with van der Waals surface area (Å²) in [6.07, 6.45) is 5.49. The number of aryl methyl sites for hydroxylation is 1. The summed E-state index contributed by atoms with van der Waals surface area (Å²) in [5.41, 5.74) is 13.2. The van der Waals surface area contributed by atoms with E-state index >= 15 is 0 Å². The SMILES string of the molecule is CCCC[C@@H](C(=O)N(C)[C@@H](CCCC)C(=O)N[C@@H](CCCN)C(=O)N[C@@H](CS)C(=O)O)N(C)C(=O)[C@H](Cc1cn(C)c2ccccc12)NC(=O)[C@@H](N)CO. The number of hydrogen-bond donors (Lipinski definition) is 8. The summed E-state index contributed by atoms with van der Waals surface area (Å²) >= 11 is 4.00. The highest BCUT2D eigenvalue weighted by atomic mass is 32.1. The standard InChI is InChI=1S/C37H60N8O8S/c1-6-8-15-30(34(49)40-26(14-12-18-38)33(48)42-28(22-54)37(52)53)44(4)36(51)31(16-9-7-2)45(5)35(50)27(41-32(47)25(39)21-46)19-23-20-43(3)29-17-11-10-13-24(23)29/h10-11,13,17,20,25-28,30-31,46,54H,6-9,12,14-16,18-19,21-22,38-39H2,1-5H3,(H,40,49)(H,41,47)(H,42,48)(H,52,53)/t25-,26-,27-,28-,30-,31-/m0/s1. The molecular weight excluding hydrogens is 717 g/mol. The Morgan fingerprint density at radius 3 is 1.96 bits per heavy atom. The van der Waals surface area contributed by atoms with Crippen LogP contribution in [0.25, 0.3) is 10.9 Å². The second-order valence-corrected chi connectivity index (χ2v) is 14.0. The third-order valence-corrected chi connectivity index (χ3v) is 9.92. The molecule has 0 aliphatic rings. The number of benzene rings is 1. The normalized spacial score (nSPS) is 14.6. The van der Waals surface area contributed by atoms with Crippen LogP contribution in [-0.4, -0.2) is 129 Å². The van der Waals surface area contributed by atoms with Gasteiger partial charge >= 0.3 is 5.97 Å². The third kappa shape index (κ3) is 12.7. The van der Waals surface area contributed by atoms with Crippen LogP contribution >= 0.6 is 12.6 Å². The molecule has 2 rings (SSSR count). The van der Waals surface area contributed by atoms with Gasteiger partial charge in [-0.25, -0.2) is 4.79 Å². The number of aromatic nitrogens is 1. The predicted octanol–water partition coefficient (Wildman–Crippen LogP) is 0.283. The molecule has 0 unspecified atom stereocenters. The number of aliphatic hydroxyl groups is 1. The van der Waals surface area contributed by atoms with Crippen LogP contribution in [-0.2, 0) is 42.2 Å². The summed E-state index contributed by atoms with van der Waals surface area (Å²) in [6.45, 7) is 3.46. The van der Waals surface area contributed by atoms with Crippen molar-refractivity contribution in [3.63, 3.8) is 0 Å². The lowest BCUT2D eigenvalue weighted by Crippen LogP contribution is -2.60. The number of carbonyl (C=O) groups excluding carboxylic acids is 5. The van der Waals surface area contributed by atoms with E-state index in [-0.39, 0.29) is 38.0 Å². The molecule has 17 heteroatoms.